The quantitative estimate of drug-likeness (QED) is 0.358. The highest BCUT2D eigenvalue weighted by Gasteiger charge is 2.24. The fourth-order valence-corrected chi connectivity index (χ4v) is 4.77. The van der Waals surface area contributed by atoms with Gasteiger partial charge in [-0.15, -0.1) is 0 Å². The maximum Gasteiger partial charge on any atom is 0.407 e. The van der Waals surface area contributed by atoms with Crippen LogP contribution in [0.5, 0.6) is 0 Å². The van der Waals surface area contributed by atoms with Crippen molar-refractivity contribution < 1.29 is 29.0 Å². The van der Waals surface area contributed by atoms with Gasteiger partial charge in [0.2, 0.25) is 0 Å². The van der Waals surface area contributed by atoms with E-state index in [1.807, 2.05) is 18.2 Å². The summed E-state index contributed by atoms with van der Waals surface area (Å²) in [4.78, 5) is 34.5. The molecule has 37 heavy (non-hydrogen) atoms. The van der Waals surface area contributed by atoms with Crippen LogP contribution in [0.25, 0.3) is 0 Å². The first-order valence-corrected chi connectivity index (χ1v) is 13.8. The number of hydrogen-bond donors (Lipinski definition) is 3. The normalized spacial score (nSPS) is 17.6. The van der Waals surface area contributed by atoms with Crippen LogP contribution < -0.4 is 10.6 Å². The lowest BCUT2D eigenvalue weighted by Gasteiger charge is -2.30. The van der Waals surface area contributed by atoms with Crippen molar-refractivity contribution in [3.8, 4) is 0 Å². The number of alkyl carbamates (subject to hydrolysis) is 1. The molecule has 3 N–H and O–H groups in total. The Morgan fingerprint density at radius 3 is 1.92 bits per heavy atom. The first-order valence-electron chi connectivity index (χ1n) is 13.8. The summed E-state index contributed by atoms with van der Waals surface area (Å²) in [6, 6.07) is 9.89. The highest BCUT2D eigenvalue weighted by molar-refractivity contribution is 5.76. The summed E-state index contributed by atoms with van der Waals surface area (Å²) >= 11 is 0. The Kier molecular flexibility index (Phi) is 13.5. The zero-order valence-corrected chi connectivity index (χ0v) is 22.8. The van der Waals surface area contributed by atoms with Crippen molar-refractivity contribution in [2.75, 3.05) is 0 Å². The number of hydrogen-bond acceptors (Lipinski definition) is 6. The molecule has 208 valence electrons. The van der Waals surface area contributed by atoms with E-state index in [2.05, 4.69) is 10.6 Å². The summed E-state index contributed by atoms with van der Waals surface area (Å²) < 4.78 is 10.2. The van der Waals surface area contributed by atoms with E-state index in [9.17, 15) is 14.4 Å². The third-order valence-corrected chi connectivity index (χ3v) is 6.47. The predicted octanol–water partition coefficient (Wildman–Crippen LogP) is 5.73. The Morgan fingerprint density at radius 1 is 0.892 bits per heavy atom. The monoisotopic (exact) mass is 518 g/mol. The Labute approximate surface area is 221 Å². The molecule has 0 bridgehead atoms. The molecule has 0 heterocycles. The average Bonchev–Trinajstić information content (AvgIpc) is 2.83. The molecule has 1 aromatic rings. The predicted molar refractivity (Wildman–Crippen MR) is 143 cm³/mol. The minimum absolute atomic E-state index is 0.0545. The lowest BCUT2D eigenvalue weighted by atomic mass is 9.91. The molecule has 0 radical (unpaired) electrons. The van der Waals surface area contributed by atoms with Crippen LogP contribution in [0.3, 0.4) is 0 Å². The van der Waals surface area contributed by atoms with Gasteiger partial charge in [0.25, 0.3) is 0 Å². The Balaban J connectivity index is 0.000000308. The molecule has 0 spiro atoms. The topological polar surface area (TPSA) is 114 Å². The molecule has 1 amide bonds. The molecule has 2 saturated carbocycles. The summed E-state index contributed by atoms with van der Waals surface area (Å²) in [7, 11) is 0. The van der Waals surface area contributed by atoms with Gasteiger partial charge in [-0.25, -0.2) is 4.79 Å². The van der Waals surface area contributed by atoms with Gasteiger partial charge in [0, 0.05) is 12.1 Å². The molecule has 1 aromatic carbocycles. The van der Waals surface area contributed by atoms with Crippen molar-refractivity contribution in [2.24, 2.45) is 0 Å². The van der Waals surface area contributed by atoms with Crippen LogP contribution in [0.2, 0.25) is 0 Å². The summed E-state index contributed by atoms with van der Waals surface area (Å²) in [6.45, 7) is 5.18. The number of benzene rings is 1. The smallest absolute Gasteiger partial charge is 0.407 e. The third kappa shape index (κ3) is 14.6. The van der Waals surface area contributed by atoms with Gasteiger partial charge in [-0.05, 0) is 52.0 Å². The van der Waals surface area contributed by atoms with E-state index in [1.54, 1.807) is 32.9 Å². The Hall–Kier alpha value is -2.61. The molecular formula is C29H46N2O6. The van der Waals surface area contributed by atoms with Crippen LogP contribution in [0.15, 0.2) is 30.3 Å². The SMILES string of the molecule is C1CCC(NC2CCCCC2)CC1.CC(C)(C)OC(=O)C[C@@H](CC(=O)O)NC(=O)OCc1ccccc1. The number of carbonyl (C=O) groups excluding carboxylic acids is 2. The van der Waals surface area contributed by atoms with E-state index in [4.69, 9.17) is 14.6 Å². The number of carboxylic acid groups (broad SMARTS) is 1. The first-order chi connectivity index (χ1) is 17.6. The minimum atomic E-state index is -1.13. The van der Waals surface area contributed by atoms with Crippen LogP contribution in [-0.2, 0) is 25.7 Å². The number of amides is 1. The number of nitrogens with one attached hydrogen (secondary N) is 2. The molecule has 2 fully saturated rings. The van der Waals surface area contributed by atoms with Crippen LogP contribution in [0, 0.1) is 0 Å². The number of ether oxygens (including phenoxy) is 2. The molecule has 0 aliphatic heterocycles. The number of aliphatic carboxylic acids is 1. The average molecular weight is 519 g/mol. The van der Waals surface area contributed by atoms with Gasteiger partial charge >= 0.3 is 18.0 Å². The number of carboxylic acids is 1. The van der Waals surface area contributed by atoms with Gasteiger partial charge in [0.15, 0.2) is 0 Å². The number of esters is 1. The zero-order valence-electron chi connectivity index (χ0n) is 22.8. The lowest BCUT2D eigenvalue weighted by molar-refractivity contribution is -0.155. The molecule has 2 aliphatic rings. The van der Waals surface area contributed by atoms with Crippen molar-refractivity contribution in [3.05, 3.63) is 35.9 Å². The molecule has 8 heteroatoms. The van der Waals surface area contributed by atoms with Crippen molar-refractivity contribution in [1.82, 2.24) is 10.6 Å². The van der Waals surface area contributed by atoms with E-state index in [0.717, 1.165) is 17.6 Å². The van der Waals surface area contributed by atoms with E-state index in [1.165, 1.54) is 64.2 Å². The molecule has 0 aromatic heterocycles. The molecule has 8 nitrogen and oxygen atoms in total. The second-order valence-electron chi connectivity index (χ2n) is 11.1. The minimum Gasteiger partial charge on any atom is -0.481 e. The maximum atomic E-state index is 11.8. The summed E-state index contributed by atoms with van der Waals surface area (Å²) in [5, 5.41) is 15.2. The van der Waals surface area contributed by atoms with Crippen molar-refractivity contribution in [2.45, 2.75) is 128 Å². The summed E-state index contributed by atoms with van der Waals surface area (Å²) in [5.41, 5.74) is 0.119. The van der Waals surface area contributed by atoms with Crippen molar-refractivity contribution >= 4 is 18.0 Å². The van der Waals surface area contributed by atoms with Gasteiger partial charge in [0.1, 0.15) is 12.2 Å². The van der Waals surface area contributed by atoms with Gasteiger partial charge in [-0.3, -0.25) is 9.59 Å². The second kappa shape index (κ2) is 16.3. The third-order valence-electron chi connectivity index (χ3n) is 6.47. The molecule has 3 rings (SSSR count). The van der Waals surface area contributed by atoms with Crippen molar-refractivity contribution in [3.63, 3.8) is 0 Å². The van der Waals surface area contributed by atoms with Gasteiger partial charge in [0.05, 0.1) is 18.9 Å². The van der Waals surface area contributed by atoms with Crippen LogP contribution >= 0.6 is 0 Å². The van der Waals surface area contributed by atoms with Gasteiger partial charge in [-0.2, -0.15) is 0 Å². The number of carbonyl (C=O) groups is 3. The summed E-state index contributed by atoms with van der Waals surface area (Å²) in [6.07, 6.45) is 13.1. The highest BCUT2D eigenvalue weighted by atomic mass is 16.6. The van der Waals surface area contributed by atoms with E-state index >= 15 is 0 Å². The zero-order chi connectivity index (χ0) is 27.1. The van der Waals surface area contributed by atoms with E-state index in [-0.39, 0.29) is 13.0 Å². The molecule has 1 atom stereocenters. The largest absolute Gasteiger partial charge is 0.481 e. The standard InChI is InChI=1S/C17H23NO6.C12H23N/c1-17(2,3)24-15(21)10-13(9-14(19)20)18-16(22)23-11-12-7-5-4-6-8-12;1-3-7-11(8-4-1)13-12-9-5-2-6-10-12/h4-8,13H,9-11H2,1-3H3,(H,18,22)(H,19,20);11-13H,1-10H2/t13-;/m1./s1. The Bertz CT molecular complexity index is 795. The first kappa shape index (κ1) is 30.6. The Morgan fingerprint density at radius 2 is 1.43 bits per heavy atom. The molecule has 0 saturated heterocycles. The fraction of sp³-hybridized carbons (Fsp3) is 0.690. The van der Waals surface area contributed by atoms with Gasteiger partial charge < -0.3 is 25.2 Å². The lowest BCUT2D eigenvalue weighted by Crippen LogP contribution is -2.40. The molecule has 2 aliphatic carbocycles. The second-order valence-corrected chi connectivity index (χ2v) is 11.1. The molecular weight excluding hydrogens is 472 g/mol. The number of rotatable bonds is 9. The van der Waals surface area contributed by atoms with Gasteiger partial charge in [-0.1, -0.05) is 68.9 Å². The van der Waals surface area contributed by atoms with Crippen molar-refractivity contribution in [1.29, 1.82) is 0 Å². The van der Waals surface area contributed by atoms with E-state index < -0.39 is 36.1 Å². The summed E-state index contributed by atoms with van der Waals surface area (Å²) in [5.74, 6) is -1.72. The fourth-order valence-electron chi connectivity index (χ4n) is 4.77. The van der Waals surface area contributed by atoms with Crippen LogP contribution in [-0.4, -0.2) is 46.9 Å². The van der Waals surface area contributed by atoms with E-state index in [0.29, 0.717) is 0 Å². The molecule has 0 unspecified atom stereocenters. The maximum absolute atomic E-state index is 11.8. The van der Waals surface area contributed by atoms with Crippen LogP contribution in [0.1, 0.15) is 103 Å². The van der Waals surface area contributed by atoms with Crippen LogP contribution in [0.4, 0.5) is 4.79 Å². The highest BCUT2D eigenvalue weighted by Crippen LogP contribution is 2.22.